The molecule has 0 aliphatic rings. The van der Waals surface area contributed by atoms with E-state index in [2.05, 4.69) is 22.2 Å². The van der Waals surface area contributed by atoms with E-state index < -0.39 is 0 Å². The van der Waals surface area contributed by atoms with Crippen molar-refractivity contribution in [2.75, 3.05) is 12.4 Å². The average Bonchev–Trinajstić information content (AvgIpc) is 2.05. The highest BCUT2D eigenvalue weighted by molar-refractivity contribution is 5.29. The summed E-state index contributed by atoms with van der Waals surface area (Å²) >= 11 is 0. The lowest BCUT2D eigenvalue weighted by Gasteiger charge is -1.97. The smallest absolute Gasteiger partial charge is 0.144 e. The zero-order valence-corrected chi connectivity index (χ0v) is 6.26. The second kappa shape index (κ2) is 3.15. The second-order valence-electron chi connectivity index (χ2n) is 2.00. The van der Waals surface area contributed by atoms with Gasteiger partial charge in [0.05, 0.1) is 18.1 Å². The summed E-state index contributed by atoms with van der Waals surface area (Å²) in [6.07, 6.45) is 4.46. The minimum atomic E-state index is 0.817. The molecule has 1 rings (SSSR count). The Morgan fingerprint density at radius 2 is 2.20 bits per heavy atom. The van der Waals surface area contributed by atoms with Gasteiger partial charge in [0.1, 0.15) is 5.82 Å². The lowest BCUT2D eigenvalue weighted by atomic mass is 10.4. The van der Waals surface area contributed by atoms with Gasteiger partial charge in [0.15, 0.2) is 0 Å². The SMILES string of the molecule is CCc1cnc(NC)cn1. The van der Waals surface area contributed by atoms with Crippen molar-refractivity contribution < 1.29 is 0 Å². The van der Waals surface area contributed by atoms with Crippen LogP contribution in [-0.4, -0.2) is 17.0 Å². The first kappa shape index (κ1) is 6.99. The van der Waals surface area contributed by atoms with Crippen molar-refractivity contribution in [3.05, 3.63) is 18.1 Å². The van der Waals surface area contributed by atoms with Crippen molar-refractivity contribution in [2.45, 2.75) is 13.3 Å². The van der Waals surface area contributed by atoms with Crippen LogP contribution >= 0.6 is 0 Å². The Kier molecular flexibility index (Phi) is 2.20. The van der Waals surface area contributed by atoms with E-state index in [1.807, 2.05) is 7.05 Å². The largest absolute Gasteiger partial charge is 0.372 e. The molecule has 3 nitrogen and oxygen atoms in total. The quantitative estimate of drug-likeness (QED) is 0.662. The van der Waals surface area contributed by atoms with Crippen LogP contribution in [0.15, 0.2) is 12.4 Å². The molecule has 1 heterocycles. The van der Waals surface area contributed by atoms with Crippen molar-refractivity contribution in [1.82, 2.24) is 9.97 Å². The Morgan fingerprint density at radius 1 is 1.40 bits per heavy atom. The fourth-order valence-electron chi connectivity index (χ4n) is 0.666. The highest BCUT2D eigenvalue weighted by Gasteiger charge is 1.90. The summed E-state index contributed by atoms with van der Waals surface area (Å²) in [6, 6.07) is 0. The number of anilines is 1. The predicted molar refractivity (Wildman–Crippen MR) is 41.0 cm³/mol. The maximum atomic E-state index is 4.14. The van der Waals surface area contributed by atoms with Gasteiger partial charge in [0.25, 0.3) is 0 Å². The molecule has 3 heteroatoms. The Hall–Kier alpha value is -1.12. The number of nitrogens with zero attached hydrogens (tertiary/aromatic N) is 2. The van der Waals surface area contributed by atoms with E-state index in [0.29, 0.717) is 0 Å². The molecule has 1 aromatic rings. The van der Waals surface area contributed by atoms with Crippen molar-refractivity contribution in [2.24, 2.45) is 0 Å². The molecule has 0 saturated carbocycles. The van der Waals surface area contributed by atoms with Crippen LogP contribution in [0.3, 0.4) is 0 Å². The Balaban J connectivity index is 2.80. The third-order valence-electron chi connectivity index (χ3n) is 1.32. The predicted octanol–water partition coefficient (Wildman–Crippen LogP) is 1.08. The maximum absolute atomic E-state index is 4.14. The van der Waals surface area contributed by atoms with E-state index in [1.165, 1.54) is 0 Å². The van der Waals surface area contributed by atoms with Crippen LogP contribution in [0.1, 0.15) is 12.6 Å². The standard InChI is InChI=1S/C7H11N3/c1-3-6-4-10-7(8-2)5-9-6/h4-5H,3H2,1-2H3,(H,8,10). The van der Waals surface area contributed by atoms with Gasteiger partial charge >= 0.3 is 0 Å². The molecule has 10 heavy (non-hydrogen) atoms. The maximum Gasteiger partial charge on any atom is 0.144 e. The molecule has 0 radical (unpaired) electrons. The molecule has 0 spiro atoms. The Morgan fingerprint density at radius 3 is 2.60 bits per heavy atom. The van der Waals surface area contributed by atoms with Crippen LogP contribution in [0, 0.1) is 0 Å². The highest BCUT2D eigenvalue weighted by Crippen LogP contribution is 1.98. The van der Waals surface area contributed by atoms with Gasteiger partial charge in [-0.3, -0.25) is 4.98 Å². The normalized spacial score (nSPS) is 9.40. The summed E-state index contributed by atoms with van der Waals surface area (Å²) in [5.41, 5.74) is 1.03. The average molecular weight is 137 g/mol. The van der Waals surface area contributed by atoms with Gasteiger partial charge in [-0.1, -0.05) is 6.92 Å². The van der Waals surface area contributed by atoms with Crippen LogP contribution in [-0.2, 0) is 6.42 Å². The summed E-state index contributed by atoms with van der Waals surface area (Å²) in [4.78, 5) is 8.24. The van der Waals surface area contributed by atoms with E-state index in [0.717, 1.165) is 17.9 Å². The molecule has 0 bridgehead atoms. The first-order valence-electron chi connectivity index (χ1n) is 3.35. The summed E-state index contributed by atoms with van der Waals surface area (Å²) < 4.78 is 0. The highest BCUT2D eigenvalue weighted by atomic mass is 15.0. The fourth-order valence-corrected chi connectivity index (χ4v) is 0.666. The van der Waals surface area contributed by atoms with Crippen LogP contribution < -0.4 is 5.32 Å². The van der Waals surface area contributed by atoms with Crippen molar-refractivity contribution in [3.8, 4) is 0 Å². The van der Waals surface area contributed by atoms with E-state index in [4.69, 9.17) is 0 Å². The minimum Gasteiger partial charge on any atom is -0.372 e. The Labute approximate surface area is 60.5 Å². The lowest BCUT2D eigenvalue weighted by Crippen LogP contribution is -1.95. The van der Waals surface area contributed by atoms with Gasteiger partial charge in [0, 0.05) is 7.05 Å². The van der Waals surface area contributed by atoms with Crippen molar-refractivity contribution in [3.63, 3.8) is 0 Å². The van der Waals surface area contributed by atoms with E-state index >= 15 is 0 Å². The molecule has 0 amide bonds. The molecule has 0 atom stereocenters. The second-order valence-corrected chi connectivity index (χ2v) is 2.00. The molecule has 0 saturated heterocycles. The molecule has 0 aromatic carbocycles. The molecule has 0 aliphatic carbocycles. The van der Waals surface area contributed by atoms with Crippen molar-refractivity contribution in [1.29, 1.82) is 0 Å². The molecule has 0 fully saturated rings. The summed E-state index contributed by atoms with van der Waals surface area (Å²) in [6.45, 7) is 2.06. The Bertz CT molecular complexity index is 170. The lowest BCUT2D eigenvalue weighted by molar-refractivity contribution is 1.00. The number of aromatic nitrogens is 2. The number of nitrogens with one attached hydrogen (secondary N) is 1. The molecule has 54 valence electrons. The van der Waals surface area contributed by atoms with Crippen LogP contribution in [0.4, 0.5) is 5.82 Å². The molecular weight excluding hydrogens is 126 g/mol. The zero-order valence-electron chi connectivity index (χ0n) is 6.26. The summed E-state index contributed by atoms with van der Waals surface area (Å²) in [5.74, 6) is 0.817. The third kappa shape index (κ3) is 1.43. The molecule has 0 aliphatic heterocycles. The molecule has 0 unspecified atom stereocenters. The van der Waals surface area contributed by atoms with Gasteiger partial charge < -0.3 is 5.32 Å². The van der Waals surface area contributed by atoms with Gasteiger partial charge in [-0.05, 0) is 6.42 Å². The zero-order chi connectivity index (χ0) is 7.40. The van der Waals surface area contributed by atoms with Crippen LogP contribution in [0.5, 0.6) is 0 Å². The van der Waals surface area contributed by atoms with E-state index in [9.17, 15) is 0 Å². The monoisotopic (exact) mass is 137 g/mol. The molecule has 1 N–H and O–H groups in total. The van der Waals surface area contributed by atoms with Crippen LogP contribution in [0.25, 0.3) is 0 Å². The summed E-state index contributed by atoms with van der Waals surface area (Å²) in [7, 11) is 1.83. The van der Waals surface area contributed by atoms with Crippen molar-refractivity contribution >= 4 is 5.82 Å². The molecular formula is C7H11N3. The fraction of sp³-hybridized carbons (Fsp3) is 0.429. The van der Waals surface area contributed by atoms with E-state index in [1.54, 1.807) is 12.4 Å². The minimum absolute atomic E-state index is 0.817. The number of aryl methyl sites for hydroxylation is 1. The number of rotatable bonds is 2. The van der Waals surface area contributed by atoms with Gasteiger partial charge in [0.2, 0.25) is 0 Å². The third-order valence-corrected chi connectivity index (χ3v) is 1.32. The van der Waals surface area contributed by atoms with E-state index in [-0.39, 0.29) is 0 Å². The van der Waals surface area contributed by atoms with Crippen LogP contribution in [0.2, 0.25) is 0 Å². The summed E-state index contributed by atoms with van der Waals surface area (Å²) in [5, 5.41) is 2.90. The van der Waals surface area contributed by atoms with Gasteiger partial charge in [-0.2, -0.15) is 0 Å². The topological polar surface area (TPSA) is 37.8 Å². The first-order valence-corrected chi connectivity index (χ1v) is 3.35. The first-order chi connectivity index (χ1) is 4.86. The van der Waals surface area contributed by atoms with Gasteiger partial charge in [-0.25, -0.2) is 4.98 Å². The molecule has 1 aromatic heterocycles. The number of hydrogen-bond donors (Lipinski definition) is 1. The number of hydrogen-bond acceptors (Lipinski definition) is 3. The van der Waals surface area contributed by atoms with Gasteiger partial charge in [-0.15, -0.1) is 0 Å².